The highest BCUT2D eigenvalue weighted by Crippen LogP contribution is 2.13. The van der Waals surface area contributed by atoms with Gasteiger partial charge in [0.05, 0.1) is 11.3 Å². The van der Waals surface area contributed by atoms with Crippen LogP contribution in [0.25, 0.3) is 6.08 Å². The van der Waals surface area contributed by atoms with Crippen LogP contribution in [-0.4, -0.2) is 0 Å². The lowest BCUT2D eigenvalue weighted by molar-refractivity contribution is 1.48. The van der Waals surface area contributed by atoms with E-state index >= 15 is 0 Å². The maximum Gasteiger partial charge on any atom is 0.101 e. The quantitative estimate of drug-likeness (QED) is 0.611. The number of nitrogen functional groups attached to an aromatic ring is 1. The Kier molecular flexibility index (Phi) is 1.93. The molecule has 2 N–H and O–H groups in total. The molecule has 0 aliphatic rings. The molecule has 1 rings (SSSR count). The first-order valence-corrected chi connectivity index (χ1v) is 3.20. The zero-order valence-electron chi connectivity index (χ0n) is 6.04. The summed E-state index contributed by atoms with van der Waals surface area (Å²) in [5, 5.41) is 8.53. The zero-order chi connectivity index (χ0) is 8.27. The molecular formula is C9H8N2. The lowest BCUT2D eigenvalue weighted by Crippen LogP contribution is -1.89. The first-order chi connectivity index (χ1) is 5.27. The van der Waals surface area contributed by atoms with Crippen molar-refractivity contribution in [2.75, 3.05) is 5.73 Å². The highest BCUT2D eigenvalue weighted by molar-refractivity contribution is 5.61. The van der Waals surface area contributed by atoms with Gasteiger partial charge in [0.15, 0.2) is 0 Å². The van der Waals surface area contributed by atoms with Crippen LogP contribution in [0.5, 0.6) is 0 Å². The number of benzene rings is 1. The van der Waals surface area contributed by atoms with Crippen LogP contribution < -0.4 is 5.73 Å². The Labute approximate surface area is 65.6 Å². The van der Waals surface area contributed by atoms with E-state index in [1.54, 1.807) is 18.2 Å². The summed E-state index contributed by atoms with van der Waals surface area (Å²) in [5.74, 6) is 0. The number of rotatable bonds is 1. The topological polar surface area (TPSA) is 49.8 Å². The average Bonchev–Trinajstić information content (AvgIpc) is 2.04. The smallest absolute Gasteiger partial charge is 0.101 e. The van der Waals surface area contributed by atoms with Gasteiger partial charge in [-0.15, -0.1) is 0 Å². The van der Waals surface area contributed by atoms with E-state index < -0.39 is 0 Å². The van der Waals surface area contributed by atoms with E-state index in [2.05, 4.69) is 6.58 Å². The van der Waals surface area contributed by atoms with E-state index in [1.807, 2.05) is 12.1 Å². The van der Waals surface area contributed by atoms with Crippen molar-refractivity contribution in [3.05, 3.63) is 35.9 Å². The molecule has 0 aromatic heterocycles. The largest absolute Gasteiger partial charge is 0.398 e. The SMILES string of the molecule is C=Cc1ccc(C#N)c(N)c1. The van der Waals surface area contributed by atoms with Gasteiger partial charge in [-0.3, -0.25) is 0 Å². The molecule has 0 aliphatic heterocycles. The summed E-state index contributed by atoms with van der Waals surface area (Å²) >= 11 is 0. The molecule has 0 heterocycles. The van der Waals surface area contributed by atoms with Gasteiger partial charge in [-0.05, 0) is 17.7 Å². The Hall–Kier alpha value is -1.75. The van der Waals surface area contributed by atoms with Gasteiger partial charge in [0.2, 0.25) is 0 Å². The zero-order valence-corrected chi connectivity index (χ0v) is 6.04. The van der Waals surface area contributed by atoms with Crippen LogP contribution in [0.4, 0.5) is 5.69 Å². The summed E-state index contributed by atoms with van der Waals surface area (Å²) in [6, 6.07) is 7.21. The monoisotopic (exact) mass is 144 g/mol. The summed E-state index contributed by atoms with van der Waals surface area (Å²) in [4.78, 5) is 0. The Bertz CT molecular complexity index is 321. The second-order valence-electron chi connectivity index (χ2n) is 2.16. The molecule has 2 nitrogen and oxygen atoms in total. The maximum atomic E-state index is 8.53. The minimum Gasteiger partial charge on any atom is -0.398 e. The van der Waals surface area contributed by atoms with E-state index in [-0.39, 0.29) is 0 Å². The second kappa shape index (κ2) is 2.89. The fraction of sp³-hybridized carbons (Fsp3) is 0. The maximum absolute atomic E-state index is 8.53. The third-order valence-corrected chi connectivity index (χ3v) is 1.43. The molecule has 0 aliphatic carbocycles. The average molecular weight is 144 g/mol. The van der Waals surface area contributed by atoms with Crippen molar-refractivity contribution in [1.29, 1.82) is 5.26 Å². The van der Waals surface area contributed by atoms with E-state index in [0.717, 1.165) is 5.56 Å². The van der Waals surface area contributed by atoms with Crippen LogP contribution in [0, 0.1) is 11.3 Å². The van der Waals surface area contributed by atoms with Crippen LogP contribution in [0.1, 0.15) is 11.1 Å². The van der Waals surface area contributed by atoms with Crippen molar-refractivity contribution in [1.82, 2.24) is 0 Å². The molecule has 0 unspecified atom stereocenters. The van der Waals surface area contributed by atoms with Gasteiger partial charge in [0.25, 0.3) is 0 Å². The molecule has 1 aromatic carbocycles. The first kappa shape index (κ1) is 7.36. The lowest BCUT2D eigenvalue weighted by atomic mass is 10.1. The van der Waals surface area contributed by atoms with Crippen molar-refractivity contribution in [2.45, 2.75) is 0 Å². The van der Waals surface area contributed by atoms with Crippen LogP contribution in [-0.2, 0) is 0 Å². The Morgan fingerprint density at radius 1 is 1.55 bits per heavy atom. The van der Waals surface area contributed by atoms with Gasteiger partial charge in [-0.25, -0.2) is 0 Å². The number of hydrogen-bond donors (Lipinski definition) is 1. The minimum atomic E-state index is 0.505. The highest BCUT2D eigenvalue weighted by Gasteiger charge is 1.95. The van der Waals surface area contributed by atoms with Crippen LogP contribution in [0.3, 0.4) is 0 Å². The molecule has 0 saturated heterocycles. The van der Waals surface area contributed by atoms with E-state index in [0.29, 0.717) is 11.3 Å². The second-order valence-corrected chi connectivity index (χ2v) is 2.16. The van der Waals surface area contributed by atoms with Gasteiger partial charge in [0, 0.05) is 0 Å². The number of anilines is 1. The molecule has 0 bridgehead atoms. The molecule has 0 fully saturated rings. The van der Waals surface area contributed by atoms with E-state index in [1.165, 1.54) is 0 Å². The predicted molar refractivity (Wildman–Crippen MR) is 45.7 cm³/mol. The van der Waals surface area contributed by atoms with Gasteiger partial charge < -0.3 is 5.73 Å². The van der Waals surface area contributed by atoms with E-state index in [9.17, 15) is 0 Å². The highest BCUT2D eigenvalue weighted by atomic mass is 14.6. The number of hydrogen-bond acceptors (Lipinski definition) is 2. The molecule has 0 spiro atoms. The molecule has 2 heteroatoms. The Morgan fingerprint density at radius 3 is 2.73 bits per heavy atom. The Balaban J connectivity index is 3.22. The number of nitrogens with two attached hydrogens (primary N) is 1. The standard InChI is InChI=1S/C9H8N2/c1-2-7-3-4-8(6-10)9(11)5-7/h2-5H,1,11H2. The van der Waals surface area contributed by atoms with Gasteiger partial charge in [-0.2, -0.15) is 5.26 Å². The molecule has 0 atom stereocenters. The lowest BCUT2D eigenvalue weighted by Gasteiger charge is -1.97. The van der Waals surface area contributed by atoms with Crippen molar-refractivity contribution < 1.29 is 0 Å². The molecule has 1 aromatic rings. The molecule has 0 radical (unpaired) electrons. The van der Waals surface area contributed by atoms with Crippen molar-refractivity contribution >= 4 is 11.8 Å². The van der Waals surface area contributed by atoms with Crippen molar-refractivity contribution in [3.8, 4) is 6.07 Å². The van der Waals surface area contributed by atoms with Gasteiger partial charge in [-0.1, -0.05) is 18.7 Å². The van der Waals surface area contributed by atoms with Gasteiger partial charge >= 0.3 is 0 Å². The normalized spacial score (nSPS) is 8.64. The summed E-state index contributed by atoms with van der Waals surface area (Å²) in [6.45, 7) is 3.59. The van der Waals surface area contributed by atoms with Crippen molar-refractivity contribution in [2.24, 2.45) is 0 Å². The third kappa shape index (κ3) is 1.39. The number of nitrogens with zero attached hydrogens (tertiary/aromatic N) is 1. The number of nitriles is 1. The predicted octanol–water partition coefficient (Wildman–Crippen LogP) is 1.78. The first-order valence-electron chi connectivity index (χ1n) is 3.20. The summed E-state index contributed by atoms with van der Waals surface area (Å²) < 4.78 is 0. The fourth-order valence-electron chi connectivity index (χ4n) is 0.810. The summed E-state index contributed by atoms with van der Waals surface area (Å²) in [6.07, 6.45) is 1.69. The third-order valence-electron chi connectivity index (χ3n) is 1.43. The minimum absolute atomic E-state index is 0.505. The van der Waals surface area contributed by atoms with E-state index in [4.69, 9.17) is 11.0 Å². The fourth-order valence-corrected chi connectivity index (χ4v) is 0.810. The molecular weight excluding hydrogens is 136 g/mol. The van der Waals surface area contributed by atoms with Crippen LogP contribution >= 0.6 is 0 Å². The summed E-state index contributed by atoms with van der Waals surface area (Å²) in [5.41, 5.74) is 7.48. The van der Waals surface area contributed by atoms with Crippen molar-refractivity contribution in [3.63, 3.8) is 0 Å². The van der Waals surface area contributed by atoms with Crippen LogP contribution in [0.15, 0.2) is 24.8 Å². The van der Waals surface area contributed by atoms with Crippen LogP contribution in [0.2, 0.25) is 0 Å². The Morgan fingerprint density at radius 2 is 2.27 bits per heavy atom. The molecule has 54 valence electrons. The summed E-state index contributed by atoms with van der Waals surface area (Å²) in [7, 11) is 0. The molecule has 0 saturated carbocycles. The molecule has 0 amide bonds. The van der Waals surface area contributed by atoms with Gasteiger partial charge in [0.1, 0.15) is 6.07 Å². The molecule has 11 heavy (non-hydrogen) atoms.